The first-order valence-electron chi connectivity index (χ1n) is 7.00. The van der Waals surface area contributed by atoms with Crippen LogP contribution in [0.3, 0.4) is 0 Å². The van der Waals surface area contributed by atoms with Gasteiger partial charge in [0.1, 0.15) is 5.82 Å². The fourth-order valence-electron chi connectivity index (χ4n) is 2.70. The maximum absolute atomic E-state index is 4.41. The summed E-state index contributed by atoms with van der Waals surface area (Å²) in [6.45, 7) is 10.2. The first kappa shape index (κ1) is 13.6. The van der Waals surface area contributed by atoms with Gasteiger partial charge in [-0.05, 0) is 20.3 Å². The highest BCUT2D eigenvalue weighted by molar-refractivity contribution is 4.97. The van der Waals surface area contributed by atoms with Crippen LogP contribution in [0.5, 0.6) is 0 Å². The third-order valence-corrected chi connectivity index (χ3v) is 4.38. The van der Waals surface area contributed by atoms with Gasteiger partial charge in [-0.15, -0.1) is 0 Å². The summed E-state index contributed by atoms with van der Waals surface area (Å²) in [5.74, 6) is 1.18. The van der Waals surface area contributed by atoms with Crippen molar-refractivity contribution in [1.82, 2.24) is 19.8 Å². The molecule has 0 aromatic carbocycles. The molecule has 2 rings (SSSR count). The highest BCUT2D eigenvalue weighted by Crippen LogP contribution is 2.22. The van der Waals surface area contributed by atoms with Crippen molar-refractivity contribution >= 4 is 0 Å². The largest absolute Gasteiger partial charge is 0.338 e. The Morgan fingerprint density at radius 3 is 2.94 bits per heavy atom. The van der Waals surface area contributed by atoms with Gasteiger partial charge in [0.2, 0.25) is 0 Å². The Hall–Kier alpha value is -0.870. The second-order valence-corrected chi connectivity index (χ2v) is 5.78. The van der Waals surface area contributed by atoms with Gasteiger partial charge in [0.25, 0.3) is 0 Å². The molecule has 1 saturated heterocycles. The molecular weight excluding hydrogens is 224 g/mol. The van der Waals surface area contributed by atoms with E-state index in [9.17, 15) is 0 Å². The quantitative estimate of drug-likeness (QED) is 0.877. The van der Waals surface area contributed by atoms with Crippen LogP contribution in [0.4, 0.5) is 0 Å². The molecule has 0 aliphatic carbocycles. The average Bonchev–Trinajstić information content (AvgIpc) is 2.76. The predicted octanol–water partition coefficient (Wildman–Crippen LogP) is 1.42. The number of rotatable bonds is 4. The molecule has 4 nitrogen and oxygen atoms in total. The van der Waals surface area contributed by atoms with Crippen molar-refractivity contribution in [3.05, 3.63) is 18.2 Å². The van der Waals surface area contributed by atoms with Crippen LogP contribution in [0.25, 0.3) is 0 Å². The zero-order valence-corrected chi connectivity index (χ0v) is 12.1. The molecule has 102 valence electrons. The van der Waals surface area contributed by atoms with E-state index in [1.807, 2.05) is 12.4 Å². The smallest absolute Gasteiger partial charge is 0.109 e. The number of nitrogens with one attached hydrogen (secondary N) is 1. The topological polar surface area (TPSA) is 33.1 Å². The number of hydrogen-bond acceptors (Lipinski definition) is 3. The van der Waals surface area contributed by atoms with Crippen LogP contribution >= 0.6 is 0 Å². The molecule has 1 aliphatic rings. The van der Waals surface area contributed by atoms with Gasteiger partial charge < -0.3 is 9.88 Å². The predicted molar refractivity (Wildman–Crippen MR) is 74.6 cm³/mol. The van der Waals surface area contributed by atoms with Crippen molar-refractivity contribution < 1.29 is 0 Å². The molecule has 1 fully saturated rings. The van der Waals surface area contributed by atoms with E-state index < -0.39 is 0 Å². The van der Waals surface area contributed by atoms with Crippen LogP contribution in [0, 0.1) is 0 Å². The minimum Gasteiger partial charge on any atom is -0.338 e. The minimum atomic E-state index is 0.289. The number of aryl methyl sites for hydroxylation is 1. The number of piperazine rings is 1. The fourth-order valence-corrected chi connectivity index (χ4v) is 2.70. The van der Waals surface area contributed by atoms with Gasteiger partial charge in [0.05, 0.1) is 0 Å². The number of hydrogen-bond donors (Lipinski definition) is 1. The van der Waals surface area contributed by atoms with E-state index in [1.165, 1.54) is 12.2 Å². The monoisotopic (exact) mass is 250 g/mol. The zero-order chi connectivity index (χ0) is 13.2. The van der Waals surface area contributed by atoms with E-state index in [0.717, 1.165) is 26.1 Å². The first-order valence-corrected chi connectivity index (χ1v) is 7.00. The Morgan fingerprint density at radius 2 is 2.33 bits per heavy atom. The summed E-state index contributed by atoms with van der Waals surface area (Å²) in [4.78, 5) is 7.04. The molecule has 2 atom stereocenters. The van der Waals surface area contributed by atoms with Gasteiger partial charge in [-0.25, -0.2) is 4.98 Å². The second-order valence-electron chi connectivity index (χ2n) is 5.78. The van der Waals surface area contributed by atoms with Crippen molar-refractivity contribution in [1.29, 1.82) is 0 Å². The maximum Gasteiger partial charge on any atom is 0.109 e. The third-order valence-electron chi connectivity index (χ3n) is 4.38. The standard InChI is InChI=1S/C14H26N4/c1-5-14(3)11-16-12(2)10-18(14)8-6-13-15-7-9-17(13)4/h7,9,12,16H,5-6,8,10-11H2,1-4H3. The molecule has 0 bridgehead atoms. The SMILES string of the molecule is CCC1(C)CNC(C)CN1CCc1nccn1C. The Bertz CT molecular complexity index is 387. The number of imidazole rings is 1. The highest BCUT2D eigenvalue weighted by Gasteiger charge is 2.34. The Balaban J connectivity index is 1.99. The lowest BCUT2D eigenvalue weighted by Crippen LogP contribution is -2.62. The maximum atomic E-state index is 4.41. The Kier molecular flexibility index (Phi) is 4.07. The Labute approximate surface area is 110 Å². The lowest BCUT2D eigenvalue weighted by atomic mass is 9.92. The molecule has 0 radical (unpaired) electrons. The minimum absolute atomic E-state index is 0.289. The van der Waals surface area contributed by atoms with Gasteiger partial charge in [0, 0.05) is 57.1 Å². The van der Waals surface area contributed by atoms with Crippen LogP contribution in [0.2, 0.25) is 0 Å². The van der Waals surface area contributed by atoms with Gasteiger partial charge in [-0.3, -0.25) is 4.90 Å². The molecule has 2 unspecified atom stereocenters. The van der Waals surface area contributed by atoms with Crippen LogP contribution in [0.15, 0.2) is 12.4 Å². The van der Waals surface area contributed by atoms with Gasteiger partial charge in [0.15, 0.2) is 0 Å². The van der Waals surface area contributed by atoms with Crippen molar-refractivity contribution in [2.75, 3.05) is 19.6 Å². The molecular formula is C14H26N4. The molecule has 0 spiro atoms. The molecule has 1 aliphatic heterocycles. The summed E-state index contributed by atoms with van der Waals surface area (Å²) in [5, 5.41) is 3.60. The van der Waals surface area contributed by atoms with Gasteiger partial charge >= 0.3 is 0 Å². The van der Waals surface area contributed by atoms with Crippen molar-refractivity contribution in [3.63, 3.8) is 0 Å². The zero-order valence-electron chi connectivity index (χ0n) is 12.1. The van der Waals surface area contributed by atoms with E-state index >= 15 is 0 Å². The van der Waals surface area contributed by atoms with E-state index in [-0.39, 0.29) is 5.54 Å². The lowest BCUT2D eigenvalue weighted by molar-refractivity contribution is 0.0532. The van der Waals surface area contributed by atoms with Crippen molar-refractivity contribution in [2.45, 2.75) is 45.2 Å². The molecule has 18 heavy (non-hydrogen) atoms. The third kappa shape index (κ3) is 2.75. The fraction of sp³-hybridized carbons (Fsp3) is 0.786. The van der Waals surface area contributed by atoms with E-state index in [0.29, 0.717) is 6.04 Å². The van der Waals surface area contributed by atoms with Gasteiger partial charge in [-0.2, -0.15) is 0 Å². The summed E-state index contributed by atoms with van der Waals surface area (Å²) in [6.07, 6.45) is 6.13. The Morgan fingerprint density at radius 1 is 1.56 bits per heavy atom. The molecule has 0 saturated carbocycles. The summed E-state index contributed by atoms with van der Waals surface area (Å²) in [5.41, 5.74) is 0.289. The van der Waals surface area contributed by atoms with E-state index in [1.54, 1.807) is 0 Å². The highest BCUT2D eigenvalue weighted by atomic mass is 15.3. The summed E-state index contributed by atoms with van der Waals surface area (Å²) >= 11 is 0. The second kappa shape index (κ2) is 5.41. The van der Waals surface area contributed by atoms with Crippen LogP contribution in [-0.2, 0) is 13.5 Å². The molecule has 2 heterocycles. The molecule has 0 amide bonds. The average molecular weight is 250 g/mol. The first-order chi connectivity index (χ1) is 8.55. The summed E-state index contributed by atoms with van der Waals surface area (Å²) in [6, 6.07) is 0.589. The van der Waals surface area contributed by atoms with E-state index in [2.05, 4.69) is 47.6 Å². The molecule has 1 aromatic heterocycles. The van der Waals surface area contributed by atoms with Crippen LogP contribution < -0.4 is 5.32 Å². The van der Waals surface area contributed by atoms with E-state index in [4.69, 9.17) is 0 Å². The summed E-state index contributed by atoms with van der Waals surface area (Å²) < 4.78 is 2.12. The van der Waals surface area contributed by atoms with Crippen LogP contribution in [0.1, 0.15) is 33.0 Å². The molecule has 1 N–H and O–H groups in total. The lowest BCUT2D eigenvalue weighted by Gasteiger charge is -2.47. The van der Waals surface area contributed by atoms with Crippen LogP contribution in [-0.4, -0.2) is 45.7 Å². The van der Waals surface area contributed by atoms with Crippen molar-refractivity contribution in [2.24, 2.45) is 7.05 Å². The number of aromatic nitrogens is 2. The molecule has 4 heteroatoms. The van der Waals surface area contributed by atoms with Crippen molar-refractivity contribution in [3.8, 4) is 0 Å². The molecule has 1 aromatic rings. The normalized spacial score (nSPS) is 29.7. The summed E-state index contributed by atoms with van der Waals surface area (Å²) in [7, 11) is 2.07. The van der Waals surface area contributed by atoms with Gasteiger partial charge in [-0.1, -0.05) is 6.92 Å². The number of nitrogens with zero attached hydrogens (tertiary/aromatic N) is 3.